The van der Waals surface area contributed by atoms with Crippen LogP contribution in [0, 0.1) is 0 Å². The van der Waals surface area contributed by atoms with Crippen LogP contribution in [0.25, 0.3) is 0 Å². The summed E-state index contributed by atoms with van der Waals surface area (Å²) in [5.41, 5.74) is -1.62. The first kappa shape index (κ1) is 12.0. The van der Waals surface area contributed by atoms with Crippen LogP contribution in [0.3, 0.4) is 0 Å². The molecule has 0 amide bonds. The molecule has 0 aliphatic heterocycles. The first-order valence-corrected chi connectivity index (χ1v) is 4.03. The summed E-state index contributed by atoms with van der Waals surface area (Å²) < 4.78 is 37.2. The van der Waals surface area contributed by atoms with Gasteiger partial charge in [0.25, 0.3) is 0 Å². The molecule has 3 N–H and O–H groups in total. The molecule has 15 heavy (non-hydrogen) atoms. The number of alkyl halides is 3. The molecule has 1 aromatic rings. The Morgan fingerprint density at radius 2 is 1.80 bits per heavy atom. The second kappa shape index (κ2) is 4.22. The van der Waals surface area contributed by atoms with Gasteiger partial charge in [-0.25, -0.2) is 0 Å². The van der Waals surface area contributed by atoms with E-state index in [1.807, 2.05) is 0 Å². The third-order valence-electron chi connectivity index (χ3n) is 1.91. The monoisotopic (exact) mass is 219 g/mol. The van der Waals surface area contributed by atoms with Gasteiger partial charge in [0.15, 0.2) is 0 Å². The normalized spacial score (nSPS) is 11.6. The van der Waals surface area contributed by atoms with E-state index in [9.17, 15) is 13.2 Å². The zero-order chi connectivity index (χ0) is 11.6. The van der Waals surface area contributed by atoms with Crippen molar-refractivity contribution in [1.29, 1.82) is 0 Å². The molecule has 0 saturated heterocycles. The summed E-state index contributed by atoms with van der Waals surface area (Å²) in [5.74, 6) is 0. The zero-order valence-electron chi connectivity index (χ0n) is 7.49. The summed E-state index contributed by atoms with van der Waals surface area (Å²) >= 11 is 0. The van der Waals surface area contributed by atoms with E-state index in [0.717, 1.165) is 12.1 Å². The Morgan fingerprint density at radius 3 is 2.20 bits per heavy atom. The molecule has 1 rings (SSSR count). The van der Waals surface area contributed by atoms with E-state index in [2.05, 4.69) is 0 Å². The van der Waals surface area contributed by atoms with Crippen molar-refractivity contribution in [2.24, 2.45) is 0 Å². The quantitative estimate of drug-likeness (QED) is 0.607. The summed E-state index contributed by atoms with van der Waals surface area (Å²) in [7, 11) is -1.96. The second-order valence-electron chi connectivity index (χ2n) is 2.95. The molecular weight excluding hydrogens is 211 g/mol. The van der Waals surface area contributed by atoms with Gasteiger partial charge >= 0.3 is 13.3 Å². The Morgan fingerprint density at radius 1 is 1.20 bits per heavy atom. The van der Waals surface area contributed by atoms with E-state index < -0.39 is 25.5 Å². The molecule has 1 aromatic carbocycles. The minimum Gasteiger partial charge on any atom is -0.423 e. The molecule has 0 saturated carbocycles. The first-order chi connectivity index (χ1) is 6.86. The van der Waals surface area contributed by atoms with Crippen molar-refractivity contribution < 1.29 is 28.3 Å². The Kier molecular flexibility index (Phi) is 3.38. The van der Waals surface area contributed by atoms with Crippen LogP contribution in [0.1, 0.15) is 11.1 Å². The Bertz CT molecular complexity index is 351. The van der Waals surface area contributed by atoms with Gasteiger partial charge in [-0.15, -0.1) is 0 Å². The van der Waals surface area contributed by atoms with Crippen LogP contribution >= 0.6 is 0 Å². The number of aliphatic hydroxyl groups is 1. The van der Waals surface area contributed by atoms with Gasteiger partial charge < -0.3 is 15.2 Å². The molecule has 0 radical (unpaired) electrons. The van der Waals surface area contributed by atoms with Gasteiger partial charge in [-0.3, -0.25) is 0 Å². The number of hydrogen-bond acceptors (Lipinski definition) is 3. The molecule has 82 valence electrons. The van der Waals surface area contributed by atoms with Gasteiger partial charge in [-0.1, -0.05) is 12.1 Å². The fourth-order valence-electron chi connectivity index (χ4n) is 1.16. The molecule has 0 unspecified atom stereocenters. The average Bonchev–Trinajstić information content (AvgIpc) is 2.15. The summed E-state index contributed by atoms with van der Waals surface area (Å²) in [6.07, 6.45) is -4.62. The molecule has 0 bridgehead atoms. The van der Waals surface area contributed by atoms with E-state index in [1.165, 1.54) is 0 Å². The molecule has 7 heteroatoms. The van der Waals surface area contributed by atoms with Crippen LogP contribution in [0.5, 0.6) is 0 Å². The number of halogens is 3. The largest absolute Gasteiger partial charge is 0.488 e. The summed E-state index contributed by atoms with van der Waals surface area (Å²) in [4.78, 5) is 0. The van der Waals surface area contributed by atoms with Crippen molar-refractivity contribution in [3.63, 3.8) is 0 Å². The lowest BCUT2D eigenvalue weighted by Crippen LogP contribution is -2.31. The third kappa shape index (κ3) is 2.71. The highest BCUT2D eigenvalue weighted by molar-refractivity contribution is 6.58. The maximum absolute atomic E-state index is 12.4. The number of aliphatic hydroxyl groups excluding tert-OH is 1. The van der Waals surface area contributed by atoms with Crippen LogP contribution < -0.4 is 5.46 Å². The molecule has 0 aliphatic carbocycles. The van der Waals surface area contributed by atoms with Crippen molar-refractivity contribution in [3.8, 4) is 0 Å². The van der Waals surface area contributed by atoms with Crippen molar-refractivity contribution in [3.05, 3.63) is 29.3 Å². The van der Waals surface area contributed by atoms with Gasteiger partial charge in [0.1, 0.15) is 0 Å². The van der Waals surface area contributed by atoms with Gasteiger partial charge in [0, 0.05) is 0 Å². The van der Waals surface area contributed by atoms with E-state index in [-0.39, 0.29) is 11.0 Å². The molecule has 0 heterocycles. The zero-order valence-corrected chi connectivity index (χ0v) is 7.49. The average molecular weight is 219 g/mol. The lowest BCUT2D eigenvalue weighted by Gasteiger charge is -2.12. The van der Waals surface area contributed by atoms with Gasteiger partial charge in [0.05, 0.1) is 12.2 Å². The lowest BCUT2D eigenvalue weighted by atomic mass is 9.26. The molecule has 0 atom stereocenters. The van der Waals surface area contributed by atoms with Crippen LogP contribution in [0.15, 0.2) is 18.2 Å². The fraction of sp³-hybridized carbons (Fsp3) is 0.250. The minimum atomic E-state index is -4.62. The molecular formula is C8H8BF3O3. The smallest absolute Gasteiger partial charge is 0.423 e. The van der Waals surface area contributed by atoms with Crippen LogP contribution in [-0.2, 0) is 12.8 Å². The number of benzene rings is 1. The topological polar surface area (TPSA) is 60.7 Å². The van der Waals surface area contributed by atoms with Gasteiger partial charge in [0.2, 0.25) is 0 Å². The summed E-state index contributed by atoms with van der Waals surface area (Å²) in [5, 5.41) is 26.1. The summed E-state index contributed by atoms with van der Waals surface area (Å²) in [6.45, 7) is -0.753. The third-order valence-corrected chi connectivity index (χ3v) is 1.91. The number of hydrogen-bond donors (Lipinski definition) is 3. The highest BCUT2D eigenvalue weighted by Gasteiger charge is 2.34. The Hall–Kier alpha value is -1.05. The second-order valence-corrected chi connectivity index (χ2v) is 2.95. The Balaban J connectivity index is 3.26. The maximum atomic E-state index is 12.4. The summed E-state index contributed by atoms with van der Waals surface area (Å²) in [6, 6.07) is 2.74. The first-order valence-electron chi connectivity index (χ1n) is 4.03. The lowest BCUT2D eigenvalue weighted by molar-refractivity contribution is -0.138. The van der Waals surface area contributed by atoms with Gasteiger partial charge in [-0.05, 0) is 17.1 Å². The molecule has 3 nitrogen and oxygen atoms in total. The van der Waals surface area contributed by atoms with Crippen LogP contribution in [-0.4, -0.2) is 22.3 Å². The van der Waals surface area contributed by atoms with Crippen molar-refractivity contribution >= 4 is 12.6 Å². The van der Waals surface area contributed by atoms with Crippen molar-refractivity contribution in [1.82, 2.24) is 0 Å². The van der Waals surface area contributed by atoms with Crippen LogP contribution in [0.2, 0.25) is 0 Å². The van der Waals surface area contributed by atoms with Crippen molar-refractivity contribution in [2.75, 3.05) is 0 Å². The molecule has 0 aliphatic rings. The predicted octanol–water partition coefficient (Wildman–Crippen LogP) is -0.122. The molecule has 0 spiro atoms. The number of rotatable bonds is 2. The Labute approximate surface area is 83.9 Å². The molecule has 0 aromatic heterocycles. The highest BCUT2D eigenvalue weighted by Crippen LogP contribution is 2.31. The van der Waals surface area contributed by atoms with E-state index in [0.29, 0.717) is 6.07 Å². The van der Waals surface area contributed by atoms with Crippen molar-refractivity contribution in [2.45, 2.75) is 12.8 Å². The van der Waals surface area contributed by atoms with Crippen LogP contribution in [0.4, 0.5) is 13.2 Å². The van der Waals surface area contributed by atoms with E-state index >= 15 is 0 Å². The predicted molar refractivity (Wildman–Crippen MR) is 47.2 cm³/mol. The SMILES string of the molecule is OCc1ccc([10B](O)O)cc1C(F)(F)F. The standard InChI is InChI=1S/C8H8BF3O3/c10-8(11,12)7-3-6(9(14)15)2-1-5(7)4-13/h1-3,13-15H,4H2/i9-1. The molecule has 0 fully saturated rings. The van der Waals surface area contributed by atoms with Gasteiger partial charge in [-0.2, -0.15) is 13.2 Å². The van der Waals surface area contributed by atoms with E-state index in [4.69, 9.17) is 15.2 Å². The minimum absolute atomic E-state index is 0.264. The maximum Gasteiger partial charge on any atom is 0.488 e. The fourth-order valence-corrected chi connectivity index (χ4v) is 1.16. The highest BCUT2D eigenvalue weighted by atomic mass is 19.4. The van der Waals surface area contributed by atoms with E-state index in [1.54, 1.807) is 0 Å².